The third-order valence-corrected chi connectivity index (χ3v) is 5.18. The van der Waals surface area contributed by atoms with Crippen LogP contribution in [0.4, 0.5) is 11.4 Å². The molecule has 1 amide bonds. The molecule has 0 aliphatic carbocycles. The summed E-state index contributed by atoms with van der Waals surface area (Å²) in [5, 5.41) is 2.85. The number of carbonyl (C=O) groups is 1. The number of carbonyl (C=O) groups excluding carboxylic acids is 1. The number of rotatable bonds is 8. The molecule has 0 aliphatic heterocycles. The molecule has 0 bridgehead atoms. The number of aryl methyl sites for hydroxylation is 2. The van der Waals surface area contributed by atoms with Gasteiger partial charge in [-0.2, -0.15) is 0 Å². The zero-order valence-corrected chi connectivity index (χ0v) is 20.0. The first-order valence-electron chi connectivity index (χ1n) is 10.0. The van der Waals surface area contributed by atoms with Crippen LogP contribution in [0.1, 0.15) is 23.6 Å². The largest absolute Gasteiger partial charge is 0.490 e. The van der Waals surface area contributed by atoms with Gasteiger partial charge < -0.3 is 14.8 Å². The van der Waals surface area contributed by atoms with Crippen LogP contribution in [0.3, 0.4) is 0 Å². The molecule has 1 N–H and O–H groups in total. The minimum Gasteiger partial charge on any atom is -0.490 e. The van der Waals surface area contributed by atoms with Crippen molar-refractivity contribution in [2.45, 2.75) is 20.8 Å². The molecule has 3 rings (SSSR count). The Morgan fingerprint density at radius 3 is 2.52 bits per heavy atom. The van der Waals surface area contributed by atoms with Crippen molar-refractivity contribution in [3.63, 3.8) is 0 Å². The third kappa shape index (κ3) is 6.82. The molecule has 5 nitrogen and oxygen atoms in total. The fourth-order valence-corrected chi connectivity index (χ4v) is 3.68. The van der Waals surface area contributed by atoms with Crippen LogP contribution in [-0.2, 0) is 4.79 Å². The maximum Gasteiger partial charge on any atom is 0.262 e. The molecule has 0 saturated carbocycles. The van der Waals surface area contributed by atoms with E-state index in [0.29, 0.717) is 18.1 Å². The SMILES string of the molecule is CCOc1cc(C=Nc2ccc(C)cc2)cc(I)c1OCC(=O)Nc1cccc(C)c1. The fraction of sp³-hybridized carbons (Fsp3) is 0.200. The van der Waals surface area contributed by atoms with Gasteiger partial charge in [0.05, 0.1) is 15.9 Å². The van der Waals surface area contributed by atoms with E-state index in [-0.39, 0.29) is 12.5 Å². The van der Waals surface area contributed by atoms with Gasteiger partial charge in [-0.3, -0.25) is 9.79 Å². The maximum absolute atomic E-state index is 12.3. The number of benzene rings is 3. The number of halogens is 1. The van der Waals surface area contributed by atoms with Crippen LogP contribution in [-0.4, -0.2) is 25.3 Å². The first kappa shape index (κ1) is 22.8. The van der Waals surface area contributed by atoms with Crippen LogP contribution in [0.15, 0.2) is 65.7 Å². The van der Waals surface area contributed by atoms with Crippen LogP contribution < -0.4 is 14.8 Å². The molecule has 0 atom stereocenters. The normalized spacial score (nSPS) is 10.8. The Bertz CT molecular complexity index is 1080. The number of hydrogen-bond donors (Lipinski definition) is 1. The van der Waals surface area contributed by atoms with E-state index < -0.39 is 0 Å². The van der Waals surface area contributed by atoms with Crippen LogP contribution in [0.5, 0.6) is 11.5 Å². The summed E-state index contributed by atoms with van der Waals surface area (Å²) in [5.74, 6) is 0.909. The van der Waals surface area contributed by atoms with Crippen molar-refractivity contribution in [3.8, 4) is 11.5 Å². The molecule has 160 valence electrons. The Balaban J connectivity index is 1.72. The molecule has 0 radical (unpaired) electrons. The van der Waals surface area contributed by atoms with Crippen LogP contribution in [0.2, 0.25) is 0 Å². The molecule has 0 aliphatic rings. The number of amides is 1. The minimum atomic E-state index is -0.228. The van der Waals surface area contributed by atoms with Crippen LogP contribution in [0, 0.1) is 17.4 Å². The summed E-state index contributed by atoms with van der Waals surface area (Å²) in [7, 11) is 0. The van der Waals surface area contributed by atoms with Crippen LogP contribution in [0.25, 0.3) is 0 Å². The van der Waals surface area contributed by atoms with Crippen LogP contribution >= 0.6 is 22.6 Å². The lowest BCUT2D eigenvalue weighted by Crippen LogP contribution is -2.20. The topological polar surface area (TPSA) is 59.9 Å². The van der Waals surface area contributed by atoms with Gasteiger partial charge in [0, 0.05) is 11.9 Å². The molecule has 6 heteroatoms. The summed E-state index contributed by atoms with van der Waals surface area (Å²) in [4.78, 5) is 16.9. The van der Waals surface area contributed by atoms with E-state index in [2.05, 4.69) is 32.9 Å². The quantitative estimate of drug-likeness (QED) is 0.285. The van der Waals surface area contributed by atoms with E-state index >= 15 is 0 Å². The number of anilines is 1. The summed E-state index contributed by atoms with van der Waals surface area (Å²) < 4.78 is 12.4. The van der Waals surface area contributed by atoms with Crippen molar-refractivity contribution in [1.29, 1.82) is 0 Å². The highest BCUT2D eigenvalue weighted by atomic mass is 127. The van der Waals surface area contributed by atoms with Gasteiger partial charge in [0.25, 0.3) is 5.91 Å². The number of nitrogens with one attached hydrogen (secondary N) is 1. The van der Waals surface area contributed by atoms with Gasteiger partial charge in [-0.25, -0.2) is 0 Å². The standard InChI is InChI=1S/C25H25IN2O3/c1-4-30-23-14-19(15-27-20-10-8-17(2)9-11-20)13-22(26)25(23)31-16-24(29)28-21-7-5-6-18(3)12-21/h5-15H,4,16H2,1-3H3,(H,28,29). The molecule has 31 heavy (non-hydrogen) atoms. The molecule has 0 heterocycles. The van der Waals surface area contributed by atoms with Crippen molar-refractivity contribution in [1.82, 2.24) is 0 Å². The van der Waals surface area contributed by atoms with E-state index in [9.17, 15) is 4.79 Å². The van der Waals surface area contributed by atoms with E-state index in [1.54, 1.807) is 6.21 Å². The Kier molecular flexibility index (Phi) is 8.06. The summed E-state index contributed by atoms with van der Waals surface area (Å²) in [5.41, 5.74) is 4.79. The van der Waals surface area contributed by atoms with Gasteiger partial charge in [-0.1, -0.05) is 29.8 Å². The highest BCUT2D eigenvalue weighted by molar-refractivity contribution is 14.1. The van der Waals surface area contributed by atoms with Gasteiger partial charge in [0.1, 0.15) is 0 Å². The number of ether oxygens (including phenoxy) is 2. The fourth-order valence-electron chi connectivity index (χ4n) is 2.90. The molecule has 0 saturated heterocycles. The first-order valence-corrected chi connectivity index (χ1v) is 11.1. The highest BCUT2D eigenvalue weighted by Gasteiger charge is 2.14. The number of hydrogen-bond acceptors (Lipinski definition) is 4. The Morgan fingerprint density at radius 2 is 1.81 bits per heavy atom. The summed E-state index contributed by atoms with van der Waals surface area (Å²) in [6.45, 7) is 6.31. The Hall–Kier alpha value is -2.87. The lowest BCUT2D eigenvalue weighted by Gasteiger charge is -2.14. The van der Waals surface area contributed by atoms with E-state index in [1.165, 1.54) is 5.56 Å². The highest BCUT2D eigenvalue weighted by Crippen LogP contribution is 2.34. The van der Waals surface area contributed by atoms with E-state index in [0.717, 1.165) is 26.1 Å². The first-order chi connectivity index (χ1) is 14.9. The minimum absolute atomic E-state index is 0.110. The summed E-state index contributed by atoms with van der Waals surface area (Å²) >= 11 is 2.19. The second-order valence-electron chi connectivity index (χ2n) is 7.06. The lowest BCUT2D eigenvalue weighted by atomic mass is 10.2. The molecular formula is C25H25IN2O3. The zero-order valence-electron chi connectivity index (χ0n) is 17.8. The average molecular weight is 528 g/mol. The summed E-state index contributed by atoms with van der Waals surface area (Å²) in [6, 6.07) is 19.5. The second kappa shape index (κ2) is 10.9. The lowest BCUT2D eigenvalue weighted by molar-refractivity contribution is -0.118. The smallest absolute Gasteiger partial charge is 0.262 e. The third-order valence-electron chi connectivity index (χ3n) is 4.38. The Morgan fingerprint density at radius 1 is 1.03 bits per heavy atom. The van der Waals surface area contributed by atoms with Gasteiger partial charge in [0.2, 0.25) is 0 Å². The van der Waals surface area contributed by atoms with E-state index in [1.807, 2.05) is 81.4 Å². The molecule has 0 unspecified atom stereocenters. The monoisotopic (exact) mass is 528 g/mol. The van der Waals surface area contributed by atoms with Gasteiger partial charge in [-0.05, 0) is 90.9 Å². The predicted molar refractivity (Wildman–Crippen MR) is 134 cm³/mol. The number of nitrogens with zero attached hydrogens (tertiary/aromatic N) is 1. The van der Waals surface area contributed by atoms with Gasteiger partial charge >= 0.3 is 0 Å². The summed E-state index contributed by atoms with van der Waals surface area (Å²) in [6.07, 6.45) is 1.80. The number of aliphatic imine (C=N–C) groups is 1. The molecule has 0 spiro atoms. The molecular weight excluding hydrogens is 503 g/mol. The Labute approximate surface area is 196 Å². The van der Waals surface area contributed by atoms with E-state index in [4.69, 9.17) is 9.47 Å². The molecule has 0 aromatic heterocycles. The second-order valence-corrected chi connectivity index (χ2v) is 8.23. The zero-order chi connectivity index (χ0) is 22.2. The van der Waals surface area contributed by atoms with Crippen molar-refractivity contribution >= 4 is 46.1 Å². The van der Waals surface area contributed by atoms with Crippen molar-refractivity contribution in [2.75, 3.05) is 18.5 Å². The molecule has 3 aromatic carbocycles. The van der Waals surface area contributed by atoms with Crippen molar-refractivity contribution in [2.24, 2.45) is 4.99 Å². The van der Waals surface area contributed by atoms with Crippen molar-refractivity contribution < 1.29 is 14.3 Å². The van der Waals surface area contributed by atoms with Gasteiger partial charge in [0.15, 0.2) is 18.1 Å². The maximum atomic E-state index is 12.3. The van der Waals surface area contributed by atoms with Gasteiger partial charge in [-0.15, -0.1) is 0 Å². The average Bonchev–Trinajstić information content (AvgIpc) is 2.73. The molecule has 0 fully saturated rings. The molecule has 3 aromatic rings. The predicted octanol–water partition coefficient (Wildman–Crippen LogP) is 6.07. The van der Waals surface area contributed by atoms with Crippen molar-refractivity contribution in [3.05, 3.63) is 80.9 Å².